The number of nitrogens with zero attached hydrogens (tertiary/aromatic N) is 4. The Balaban J connectivity index is 1.67. The summed E-state index contributed by atoms with van der Waals surface area (Å²) >= 11 is 0. The fraction of sp³-hybridized carbons (Fsp3) is 0.375. The largest absolute Gasteiger partial charge is 0.481 e. The summed E-state index contributed by atoms with van der Waals surface area (Å²) < 4.78 is 15.5. The van der Waals surface area contributed by atoms with Crippen molar-refractivity contribution in [3.8, 4) is 11.4 Å². The molecule has 0 aromatic carbocycles. The third-order valence-corrected chi connectivity index (χ3v) is 6.73. The molecule has 4 heterocycles. The Morgan fingerprint density at radius 1 is 1.31 bits per heavy atom. The number of carboxylic acid groups (broad SMARTS) is 1. The van der Waals surface area contributed by atoms with E-state index >= 15 is 0 Å². The molecule has 0 radical (unpaired) electrons. The van der Waals surface area contributed by atoms with Gasteiger partial charge in [-0.05, 0) is 37.0 Å². The van der Waals surface area contributed by atoms with Crippen molar-refractivity contribution in [1.29, 1.82) is 0 Å². The molecule has 35 heavy (non-hydrogen) atoms. The number of halogens is 1. The highest BCUT2D eigenvalue weighted by atomic mass is 19.1. The van der Waals surface area contributed by atoms with Crippen LogP contribution in [-0.2, 0) is 9.59 Å². The summed E-state index contributed by atoms with van der Waals surface area (Å²) in [4.78, 5) is 35.7. The van der Waals surface area contributed by atoms with Crippen LogP contribution in [0.4, 0.5) is 16.0 Å². The van der Waals surface area contributed by atoms with Gasteiger partial charge >= 0.3 is 5.97 Å². The van der Waals surface area contributed by atoms with Crippen molar-refractivity contribution in [3.05, 3.63) is 36.4 Å². The Bertz CT molecular complexity index is 1430. The first-order chi connectivity index (χ1) is 16.9. The number of aromatic amines is 1. The van der Waals surface area contributed by atoms with E-state index < -0.39 is 17.7 Å². The first-order valence-corrected chi connectivity index (χ1v) is 11.7. The topological polar surface area (TPSA) is 137 Å². The van der Waals surface area contributed by atoms with Crippen LogP contribution < -0.4 is 10.6 Å². The highest BCUT2D eigenvalue weighted by Gasteiger charge is 2.37. The Labute approximate surface area is 200 Å². The zero-order valence-corrected chi connectivity index (χ0v) is 19.4. The van der Waals surface area contributed by atoms with Crippen LogP contribution in [0.15, 0.2) is 30.6 Å². The first kappa shape index (κ1) is 22.8. The summed E-state index contributed by atoms with van der Waals surface area (Å²) in [6, 6.07) is 4.52. The summed E-state index contributed by atoms with van der Waals surface area (Å²) in [5, 5.41) is 21.2. The molecule has 5 rings (SSSR count). The molecule has 1 aliphatic carbocycles. The molecule has 1 aliphatic rings. The summed E-state index contributed by atoms with van der Waals surface area (Å²) in [6.45, 7) is 3.46. The van der Waals surface area contributed by atoms with E-state index in [1.807, 2.05) is 0 Å². The van der Waals surface area contributed by atoms with Crippen molar-refractivity contribution in [2.45, 2.75) is 45.6 Å². The number of aliphatic carboxylic acids is 1. The smallest absolute Gasteiger partial charge is 0.308 e. The van der Waals surface area contributed by atoms with Gasteiger partial charge in [0.2, 0.25) is 5.91 Å². The number of H-pyrrole nitrogens is 1. The molecule has 0 unspecified atom stereocenters. The number of anilines is 2. The maximum atomic E-state index is 14.0. The molecule has 0 bridgehead atoms. The van der Waals surface area contributed by atoms with Gasteiger partial charge in [-0.1, -0.05) is 19.8 Å². The molecule has 0 saturated heterocycles. The van der Waals surface area contributed by atoms with E-state index in [0.29, 0.717) is 40.2 Å². The van der Waals surface area contributed by atoms with Gasteiger partial charge in [0.1, 0.15) is 22.8 Å². The van der Waals surface area contributed by atoms with E-state index in [4.69, 9.17) is 4.98 Å². The summed E-state index contributed by atoms with van der Waals surface area (Å²) in [5.41, 5.74) is 1.61. The fourth-order valence-corrected chi connectivity index (χ4v) is 5.05. The van der Waals surface area contributed by atoms with E-state index in [9.17, 15) is 19.1 Å². The first-order valence-electron chi connectivity index (χ1n) is 11.7. The van der Waals surface area contributed by atoms with Crippen LogP contribution in [0.1, 0.15) is 39.5 Å². The van der Waals surface area contributed by atoms with Gasteiger partial charge < -0.3 is 20.7 Å². The van der Waals surface area contributed by atoms with Crippen molar-refractivity contribution < 1.29 is 19.1 Å². The zero-order chi connectivity index (χ0) is 24.7. The maximum absolute atomic E-state index is 14.0. The summed E-state index contributed by atoms with van der Waals surface area (Å²) in [6.07, 6.45) is 5.99. The second-order valence-electron chi connectivity index (χ2n) is 8.95. The van der Waals surface area contributed by atoms with Crippen LogP contribution in [0.25, 0.3) is 27.9 Å². The van der Waals surface area contributed by atoms with E-state index in [2.05, 4.69) is 32.6 Å². The van der Waals surface area contributed by atoms with Gasteiger partial charge in [0.05, 0.1) is 12.1 Å². The number of aromatic nitrogens is 5. The van der Waals surface area contributed by atoms with Crippen molar-refractivity contribution in [2.24, 2.45) is 11.8 Å². The van der Waals surface area contributed by atoms with Crippen LogP contribution in [0.3, 0.4) is 0 Å². The van der Waals surface area contributed by atoms with Crippen molar-refractivity contribution in [3.63, 3.8) is 0 Å². The molecule has 3 atom stereocenters. The molecule has 4 N–H and O–H groups in total. The Hall–Kier alpha value is -4.02. The Kier molecular flexibility index (Phi) is 5.83. The van der Waals surface area contributed by atoms with Crippen molar-refractivity contribution in [2.75, 3.05) is 10.6 Å². The third-order valence-electron chi connectivity index (χ3n) is 6.73. The Morgan fingerprint density at radius 2 is 2.14 bits per heavy atom. The number of carbonyl (C=O) groups excluding carboxylic acids is 1. The van der Waals surface area contributed by atoms with Gasteiger partial charge in [0.25, 0.3) is 0 Å². The lowest BCUT2D eigenvalue weighted by molar-refractivity contribution is -0.143. The van der Waals surface area contributed by atoms with Crippen LogP contribution >= 0.6 is 0 Å². The van der Waals surface area contributed by atoms with Gasteiger partial charge in [0.15, 0.2) is 11.6 Å². The second kappa shape index (κ2) is 8.97. The minimum atomic E-state index is -0.835. The molecular weight excluding hydrogens is 453 g/mol. The predicted octanol–water partition coefficient (Wildman–Crippen LogP) is 4.06. The monoisotopic (exact) mass is 479 g/mol. The van der Waals surface area contributed by atoms with Crippen LogP contribution in [0, 0.1) is 17.7 Å². The molecule has 1 fully saturated rings. The molecule has 10 nitrogen and oxygen atoms in total. The van der Waals surface area contributed by atoms with E-state index in [0.717, 1.165) is 25.5 Å². The number of hydrogen-bond acceptors (Lipinski definition) is 6. The molecule has 0 aliphatic heterocycles. The van der Waals surface area contributed by atoms with Gasteiger partial charge in [-0.2, -0.15) is 0 Å². The summed E-state index contributed by atoms with van der Waals surface area (Å²) in [5.74, 6) is -0.813. The number of pyridine rings is 1. The molecule has 0 spiro atoms. The van der Waals surface area contributed by atoms with Crippen LogP contribution in [-0.4, -0.2) is 47.6 Å². The molecule has 1 saturated carbocycles. The number of rotatable bonds is 6. The third kappa shape index (κ3) is 4.17. The van der Waals surface area contributed by atoms with Gasteiger partial charge in [-0.25, -0.2) is 18.9 Å². The molecule has 1 amide bonds. The van der Waals surface area contributed by atoms with Crippen molar-refractivity contribution in [1.82, 2.24) is 24.6 Å². The van der Waals surface area contributed by atoms with Gasteiger partial charge in [0, 0.05) is 30.1 Å². The highest BCUT2D eigenvalue weighted by molar-refractivity contribution is 5.93. The lowest BCUT2D eigenvalue weighted by Gasteiger charge is -2.36. The molecule has 11 heteroatoms. The number of carbonyl (C=O) groups is 2. The number of nitrogens with one attached hydrogen (secondary N) is 3. The van der Waals surface area contributed by atoms with E-state index in [-0.39, 0.29) is 23.7 Å². The normalized spacial score (nSPS) is 20.3. The van der Waals surface area contributed by atoms with Crippen LogP contribution in [0.5, 0.6) is 0 Å². The minimum Gasteiger partial charge on any atom is -0.481 e. The standard InChI is InChI=1S/C24H26FN7O3/c1-3-13-5-4-6-15(24(34)35)20(13)29-23-18-7-8-19(28-12(2)33)32(18)31-22(30-23)17-11-27-21-16(17)9-14(25)10-26-21/h7-11,13,15,20H,3-6H2,1-2H3,(H,26,27)(H,28,33)(H,34,35)(H,29,30,31)/t13-,15-,20-/m0/s1. The fourth-order valence-electron chi connectivity index (χ4n) is 5.05. The number of hydrogen-bond donors (Lipinski definition) is 4. The minimum absolute atomic E-state index is 0.166. The number of amides is 1. The zero-order valence-electron chi connectivity index (χ0n) is 19.4. The van der Waals surface area contributed by atoms with E-state index in [1.54, 1.807) is 22.8 Å². The van der Waals surface area contributed by atoms with Gasteiger partial charge in [-0.3, -0.25) is 9.59 Å². The lowest BCUT2D eigenvalue weighted by Crippen LogP contribution is -2.43. The molecule has 182 valence electrons. The van der Waals surface area contributed by atoms with Gasteiger partial charge in [-0.15, -0.1) is 5.10 Å². The van der Waals surface area contributed by atoms with E-state index in [1.165, 1.54) is 13.0 Å². The number of fused-ring (bicyclic) bond motifs is 2. The average Bonchev–Trinajstić information content (AvgIpc) is 3.42. The second-order valence-corrected chi connectivity index (χ2v) is 8.95. The highest BCUT2D eigenvalue weighted by Crippen LogP contribution is 2.36. The quantitative estimate of drug-likeness (QED) is 0.327. The average molecular weight is 480 g/mol. The maximum Gasteiger partial charge on any atom is 0.308 e. The van der Waals surface area contributed by atoms with Crippen LogP contribution in [0.2, 0.25) is 0 Å². The lowest BCUT2D eigenvalue weighted by atomic mass is 9.75. The molecule has 4 aromatic heterocycles. The summed E-state index contributed by atoms with van der Waals surface area (Å²) in [7, 11) is 0. The van der Waals surface area contributed by atoms with Crippen molar-refractivity contribution >= 4 is 40.1 Å². The molecular formula is C24H26FN7O3. The SMILES string of the molecule is CC[C@H]1CCC[C@H](C(=O)O)[C@H]1Nc1nc(-c2c[nH]c3ncc(F)cc23)nn2c(NC(C)=O)ccc12. The molecule has 4 aromatic rings. The number of carboxylic acids is 1. The predicted molar refractivity (Wildman–Crippen MR) is 129 cm³/mol. The Morgan fingerprint density at radius 3 is 2.89 bits per heavy atom.